The number of carbonyl (C=O) groups excluding carboxylic acids is 2. The van der Waals surface area contributed by atoms with E-state index in [9.17, 15) is 14.0 Å². The van der Waals surface area contributed by atoms with Crippen LogP contribution in [0.2, 0.25) is 0 Å². The Balaban J connectivity index is 1.71. The number of piperazine rings is 1. The van der Waals surface area contributed by atoms with E-state index in [1.54, 1.807) is 17.0 Å². The number of benzene rings is 1. The zero-order valence-electron chi connectivity index (χ0n) is 15.3. The maximum Gasteiger partial charge on any atom is 0.414 e. The highest BCUT2D eigenvalue weighted by atomic mass is 19.1. The molecule has 2 fully saturated rings. The van der Waals surface area contributed by atoms with Crippen molar-refractivity contribution in [2.75, 3.05) is 42.5 Å². The summed E-state index contributed by atoms with van der Waals surface area (Å²) in [7, 11) is 0. The Kier molecular flexibility index (Phi) is 5.35. The van der Waals surface area contributed by atoms with Gasteiger partial charge in [0.15, 0.2) is 6.19 Å². The molecule has 0 radical (unpaired) electrons. The number of ether oxygens (including phenoxy) is 1. The first-order chi connectivity index (χ1) is 12.9. The first-order valence-electron chi connectivity index (χ1n) is 8.82. The number of hydrogen-bond acceptors (Lipinski definition) is 6. The van der Waals surface area contributed by atoms with Crippen LogP contribution < -0.4 is 15.1 Å². The van der Waals surface area contributed by atoms with Gasteiger partial charge in [-0.05, 0) is 25.1 Å². The van der Waals surface area contributed by atoms with Crippen molar-refractivity contribution in [2.24, 2.45) is 0 Å². The first-order valence-corrected chi connectivity index (χ1v) is 8.82. The Hall–Kier alpha value is -3.02. The van der Waals surface area contributed by atoms with Crippen LogP contribution in [0.5, 0.6) is 0 Å². The maximum atomic E-state index is 14.8. The Morgan fingerprint density at radius 1 is 1.41 bits per heavy atom. The van der Waals surface area contributed by atoms with Crippen molar-refractivity contribution in [1.29, 1.82) is 5.26 Å². The van der Waals surface area contributed by atoms with E-state index in [1.165, 1.54) is 17.9 Å². The van der Waals surface area contributed by atoms with Crippen molar-refractivity contribution >= 4 is 23.4 Å². The summed E-state index contributed by atoms with van der Waals surface area (Å²) in [6.45, 7) is 5.44. The monoisotopic (exact) mass is 375 g/mol. The van der Waals surface area contributed by atoms with Gasteiger partial charge in [0.1, 0.15) is 11.9 Å². The molecule has 2 aliphatic heterocycles. The highest BCUT2D eigenvalue weighted by molar-refractivity contribution is 5.90. The normalized spacial score (nSPS) is 22.4. The van der Waals surface area contributed by atoms with E-state index in [2.05, 4.69) is 11.5 Å². The lowest BCUT2D eigenvalue weighted by Gasteiger charge is -2.39. The van der Waals surface area contributed by atoms with Crippen LogP contribution >= 0.6 is 0 Å². The van der Waals surface area contributed by atoms with E-state index < -0.39 is 18.0 Å². The smallest absolute Gasteiger partial charge is 0.414 e. The van der Waals surface area contributed by atoms with Gasteiger partial charge in [-0.3, -0.25) is 9.69 Å². The molecule has 0 aromatic heterocycles. The van der Waals surface area contributed by atoms with Crippen LogP contribution in [0, 0.1) is 17.3 Å². The lowest BCUT2D eigenvalue weighted by atomic mass is 10.1. The molecule has 0 aliphatic carbocycles. The number of nitrogens with one attached hydrogen (secondary N) is 1. The molecule has 1 N–H and O–H groups in total. The molecule has 2 amide bonds. The van der Waals surface area contributed by atoms with Gasteiger partial charge in [0.05, 0.1) is 24.5 Å². The molecular weight excluding hydrogens is 353 g/mol. The van der Waals surface area contributed by atoms with Gasteiger partial charge < -0.3 is 19.9 Å². The Labute approximate surface area is 157 Å². The molecule has 1 aromatic carbocycles. The van der Waals surface area contributed by atoms with E-state index in [0.29, 0.717) is 31.0 Å². The van der Waals surface area contributed by atoms with Crippen LogP contribution in [0.15, 0.2) is 18.2 Å². The second kappa shape index (κ2) is 7.70. The van der Waals surface area contributed by atoms with Gasteiger partial charge >= 0.3 is 6.09 Å². The molecule has 0 spiro atoms. The van der Waals surface area contributed by atoms with Gasteiger partial charge in [-0.2, -0.15) is 5.26 Å². The summed E-state index contributed by atoms with van der Waals surface area (Å²) in [5.41, 5.74) is 0.862. The molecule has 8 nitrogen and oxygen atoms in total. The summed E-state index contributed by atoms with van der Waals surface area (Å²) in [4.78, 5) is 28.0. The van der Waals surface area contributed by atoms with Crippen LogP contribution in [0.3, 0.4) is 0 Å². The zero-order chi connectivity index (χ0) is 19.6. The predicted octanol–water partition coefficient (Wildman–Crippen LogP) is 1.28. The maximum absolute atomic E-state index is 14.8. The Bertz CT molecular complexity index is 781. The summed E-state index contributed by atoms with van der Waals surface area (Å²) in [5, 5.41) is 11.6. The average molecular weight is 375 g/mol. The fourth-order valence-corrected chi connectivity index (χ4v) is 3.40. The van der Waals surface area contributed by atoms with Crippen molar-refractivity contribution in [3.8, 4) is 6.19 Å². The third-order valence-electron chi connectivity index (χ3n) is 4.77. The number of halogens is 1. The van der Waals surface area contributed by atoms with Crippen LogP contribution in [0.1, 0.15) is 13.8 Å². The SMILES string of the molecule is CC(=O)NCC1CN(c2ccc(N3CCN(C#N)CC3C)c(F)c2)C(=O)O1. The van der Waals surface area contributed by atoms with E-state index in [4.69, 9.17) is 10.00 Å². The molecule has 2 unspecified atom stereocenters. The molecule has 1 aromatic rings. The summed E-state index contributed by atoms with van der Waals surface area (Å²) in [6, 6.07) is 4.65. The van der Waals surface area contributed by atoms with Crippen LogP contribution in [-0.4, -0.2) is 61.8 Å². The molecule has 0 saturated carbocycles. The molecule has 2 aliphatic rings. The minimum atomic E-state index is -0.562. The van der Waals surface area contributed by atoms with E-state index in [0.717, 1.165) is 0 Å². The molecule has 144 valence electrons. The summed E-state index contributed by atoms with van der Waals surface area (Å²) >= 11 is 0. The molecule has 3 rings (SSSR count). The predicted molar refractivity (Wildman–Crippen MR) is 96.7 cm³/mol. The average Bonchev–Trinajstić information content (AvgIpc) is 3.01. The van der Waals surface area contributed by atoms with Gasteiger partial charge in [0.2, 0.25) is 5.91 Å². The number of rotatable bonds is 4. The minimum absolute atomic E-state index is 0.00228. The lowest BCUT2D eigenvalue weighted by Crippen LogP contribution is -2.50. The van der Waals surface area contributed by atoms with Gasteiger partial charge in [-0.25, -0.2) is 9.18 Å². The standard InChI is InChI=1S/C18H22FN5O3/c1-12-9-22(11-20)5-6-23(12)17-4-3-14(7-16(17)19)24-10-15(27-18(24)26)8-21-13(2)25/h3-4,7,12,15H,5-6,8-10H2,1-2H3,(H,21,25). The van der Waals surface area contributed by atoms with Crippen molar-refractivity contribution < 1.29 is 18.7 Å². The summed E-state index contributed by atoms with van der Waals surface area (Å²) in [6.07, 6.45) is 1.09. The second-order valence-corrected chi connectivity index (χ2v) is 6.78. The highest BCUT2D eigenvalue weighted by Crippen LogP contribution is 2.29. The Morgan fingerprint density at radius 3 is 2.81 bits per heavy atom. The summed E-state index contributed by atoms with van der Waals surface area (Å²) in [5.74, 6) is -0.631. The number of nitriles is 1. The lowest BCUT2D eigenvalue weighted by molar-refractivity contribution is -0.119. The fourth-order valence-electron chi connectivity index (χ4n) is 3.40. The second-order valence-electron chi connectivity index (χ2n) is 6.78. The number of amides is 2. The zero-order valence-corrected chi connectivity index (χ0v) is 15.3. The molecule has 9 heteroatoms. The first kappa shape index (κ1) is 18.8. The van der Waals surface area contributed by atoms with Gasteiger partial charge in [0, 0.05) is 32.6 Å². The van der Waals surface area contributed by atoms with Crippen molar-refractivity contribution in [1.82, 2.24) is 10.2 Å². The van der Waals surface area contributed by atoms with Gasteiger partial charge in [-0.15, -0.1) is 0 Å². The molecule has 2 saturated heterocycles. The van der Waals surface area contributed by atoms with E-state index >= 15 is 0 Å². The minimum Gasteiger partial charge on any atom is -0.442 e. The van der Waals surface area contributed by atoms with Crippen molar-refractivity contribution in [3.05, 3.63) is 24.0 Å². The molecular formula is C18H22FN5O3. The van der Waals surface area contributed by atoms with E-state index in [-0.39, 0.29) is 25.0 Å². The van der Waals surface area contributed by atoms with Crippen LogP contribution in [0.25, 0.3) is 0 Å². The summed E-state index contributed by atoms with van der Waals surface area (Å²) < 4.78 is 20.0. The number of anilines is 2. The quantitative estimate of drug-likeness (QED) is 0.798. The van der Waals surface area contributed by atoms with Crippen LogP contribution in [-0.2, 0) is 9.53 Å². The molecule has 2 atom stereocenters. The fraction of sp³-hybridized carbons (Fsp3) is 0.500. The van der Waals surface area contributed by atoms with Gasteiger partial charge in [0.25, 0.3) is 0 Å². The van der Waals surface area contributed by atoms with Gasteiger partial charge in [-0.1, -0.05) is 0 Å². The molecule has 27 heavy (non-hydrogen) atoms. The molecule has 0 bridgehead atoms. The van der Waals surface area contributed by atoms with Crippen molar-refractivity contribution in [3.63, 3.8) is 0 Å². The third kappa shape index (κ3) is 4.05. The number of carbonyl (C=O) groups is 2. The van der Waals surface area contributed by atoms with E-state index in [1.807, 2.05) is 11.8 Å². The number of cyclic esters (lactones) is 1. The largest absolute Gasteiger partial charge is 0.442 e. The number of hydrogen-bond donors (Lipinski definition) is 1. The highest BCUT2D eigenvalue weighted by Gasteiger charge is 2.33. The topological polar surface area (TPSA) is 88.9 Å². The number of nitrogens with zero attached hydrogens (tertiary/aromatic N) is 4. The van der Waals surface area contributed by atoms with Crippen molar-refractivity contribution in [2.45, 2.75) is 26.0 Å². The Morgan fingerprint density at radius 2 is 2.19 bits per heavy atom. The molecule has 2 heterocycles. The van der Waals surface area contributed by atoms with Crippen LogP contribution in [0.4, 0.5) is 20.6 Å². The third-order valence-corrected chi connectivity index (χ3v) is 4.77.